The Morgan fingerprint density at radius 3 is 2.65 bits per heavy atom. The lowest BCUT2D eigenvalue weighted by molar-refractivity contribution is -0.120. The third kappa shape index (κ3) is 6.52. The van der Waals surface area contributed by atoms with Crippen molar-refractivity contribution >= 4 is 29.9 Å². The fourth-order valence-electron chi connectivity index (χ4n) is 2.71. The van der Waals surface area contributed by atoms with Crippen LogP contribution in [-0.4, -0.2) is 18.5 Å². The third-order valence-corrected chi connectivity index (χ3v) is 4.56. The molecule has 3 N–H and O–H groups in total. The first-order valence-corrected chi connectivity index (χ1v) is 8.96. The lowest BCUT2D eigenvalue weighted by Crippen LogP contribution is -2.39. The quantitative estimate of drug-likeness (QED) is 0.716. The molecule has 0 saturated heterocycles. The molecule has 6 heteroatoms. The number of carbonyl (C=O) groups excluding carboxylic acids is 1. The molecule has 0 aliphatic heterocycles. The Morgan fingerprint density at radius 1 is 1.19 bits per heavy atom. The topological polar surface area (TPSA) is 64.3 Å². The largest absolute Gasteiger partial charge is 0.489 e. The van der Waals surface area contributed by atoms with Crippen molar-refractivity contribution < 1.29 is 9.53 Å². The molecule has 26 heavy (non-hydrogen) atoms. The monoisotopic (exact) mass is 394 g/mol. The van der Waals surface area contributed by atoms with Gasteiger partial charge in [0.15, 0.2) is 0 Å². The average molecular weight is 395 g/mol. The lowest BCUT2D eigenvalue weighted by Gasteiger charge is -2.12. The molecule has 2 aromatic carbocycles. The van der Waals surface area contributed by atoms with Crippen LogP contribution in [-0.2, 0) is 17.8 Å². The van der Waals surface area contributed by atoms with Crippen LogP contribution in [0.5, 0.6) is 5.75 Å². The number of hydrogen-bond acceptors (Lipinski definition) is 3. The normalized spacial score (nSPS) is 14.2. The van der Waals surface area contributed by atoms with Crippen molar-refractivity contribution in [3.63, 3.8) is 0 Å². The predicted octanol–water partition coefficient (Wildman–Crippen LogP) is 3.74. The van der Waals surface area contributed by atoms with Gasteiger partial charge in [-0.15, -0.1) is 12.4 Å². The molecule has 0 heterocycles. The molecule has 1 fully saturated rings. The molecular formula is C20H24Cl2N2O2. The van der Waals surface area contributed by atoms with Crippen LogP contribution in [0.3, 0.4) is 0 Å². The summed E-state index contributed by atoms with van der Waals surface area (Å²) in [5, 5.41) is 3.61. The van der Waals surface area contributed by atoms with Gasteiger partial charge in [0.1, 0.15) is 12.4 Å². The summed E-state index contributed by atoms with van der Waals surface area (Å²) in [7, 11) is 0. The molecule has 1 aliphatic rings. The molecule has 140 valence electrons. The number of amides is 1. The Labute approximate surface area is 165 Å². The average Bonchev–Trinajstić information content (AvgIpc) is 3.43. The Kier molecular flexibility index (Phi) is 7.76. The number of rotatable bonds is 8. The SMILES string of the molecule is Cl.NC(CNC(=O)Cc1cccc(OCc2cccc(Cl)c2)c1)C1CC1. The number of carbonyl (C=O) groups is 1. The van der Waals surface area contributed by atoms with Crippen LogP contribution in [0.2, 0.25) is 5.02 Å². The highest BCUT2D eigenvalue weighted by atomic mass is 35.5. The standard InChI is InChI=1S/C20H23ClN2O2.ClH/c21-17-5-1-4-15(9-17)13-25-18-6-2-3-14(10-18)11-20(24)23-12-19(22)16-7-8-16;/h1-6,9-10,16,19H,7-8,11-13,22H2,(H,23,24);1H. The molecule has 0 bridgehead atoms. The maximum Gasteiger partial charge on any atom is 0.224 e. The van der Waals surface area contributed by atoms with E-state index < -0.39 is 0 Å². The number of ether oxygens (including phenoxy) is 1. The van der Waals surface area contributed by atoms with E-state index in [0.29, 0.717) is 30.5 Å². The first-order valence-electron chi connectivity index (χ1n) is 8.58. The van der Waals surface area contributed by atoms with Gasteiger partial charge < -0.3 is 15.8 Å². The summed E-state index contributed by atoms with van der Waals surface area (Å²) in [5.74, 6) is 1.31. The number of nitrogens with one attached hydrogen (secondary N) is 1. The van der Waals surface area contributed by atoms with Crippen LogP contribution < -0.4 is 15.8 Å². The molecule has 1 aliphatic carbocycles. The van der Waals surface area contributed by atoms with Gasteiger partial charge in [-0.2, -0.15) is 0 Å². The summed E-state index contributed by atoms with van der Waals surface area (Å²) < 4.78 is 5.80. The summed E-state index contributed by atoms with van der Waals surface area (Å²) in [6.45, 7) is 0.987. The van der Waals surface area contributed by atoms with Gasteiger partial charge in [0.2, 0.25) is 5.91 Å². The molecule has 2 aromatic rings. The fraction of sp³-hybridized carbons (Fsp3) is 0.350. The van der Waals surface area contributed by atoms with Crippen LogP contribution in [0.15, 0.2) is 48.5 Å². The zero-order valence-corrected chi connectivity index (χ0v) is 16.1. The molecule has 1 unspecified atom stereocenters. The molecular weight excluding hydrogens is 371 g/mol. The summed E-state index contributed by atoms with van der Waals surface area (Å²) in [6, 6.07) is 15.2. The molecule has 1 atom stereocenters. The minimum Gasteiger partial charge on any atom is -0.489 e. The van der Waals surface area contributed by atoms with E-state index in [1.54, 1.807) is 0 Å². The summed E-state index contributed by atoms with van der Waals surface area (Å²) in [4.78, 5) is 12.1. The van der Waals surface area contributed by atoms with Gasteiger partial charge in [0.25, 0.3) is 0 Å². The highest BCUT2D eigenvalue weighted by Crippen LogP contribution is 2.31. The van der Waals surface area contributed by atoms with E-state index in [4.69, 9.17) is 22.1 Å². The van der Waals surface area contributed by atoms with E-state index in [1.165, 1.54) is 12.8 Å². The number of hydrogen-bond donors (Lipinski definition) is 2. The Balaban J connectivity index is 0.00000243. The van der Waals surface area contributed by atoms with Crippen LogP contribution in [0, 0.1) is 5.92 Å². The van der Waals surface area contributed by atoms with Gasteiger partial charge in [-0.3, -0.25) is 4.79 Å². The van der Waals surface area contributed by atoms with Crippen molar-refractivity contribution in [1.82, 2.24) is 5.32 Å². The van der Waals surface area contributed by atoms with E-state index in [-0.39, 0.29) is 24.4 Å². The molecule has 0 aromatic heterocycles. The van der Waals surface area contributed by atoms with Crippen molar-refractivity contribution in [1.29, 1.82) is 0 Å². The van der Waals surface area contributed by atoms with Gasteiger partial charge in [0, 0.05) is 17.6 Å². The van der Waals surface area contributed by atoms with Crippen molar-refractivity contribution in [2.24, 2.45) is 11.7 Å². The van der Waals surface area contributed by atoms with Crippen LogP contribution in [0.4, 0.5) is 0 Å². The first-order chi connectivity index (χ1) is 12.1. The third-order valence-electron chi connectivity index (χ3n) is 4.32. The molecule has 4 nitrogen and oxygen atoms in total. The maximum atomic E-state index is 12.1. The maximum absolute atomic E-state index is 12.1. The highest BCUT2D eigenvalue weighted by molar-refractivity contribution is 6.30. The van der Waals surface area contributed by atoms with Gasteiger partial charge >= 0.3 is 0 Å². The molecule has 1 saturated carbocycles. The molecule has 1 amide bonds. The van der Waals surface area contributed by atoms with Crippen LogP contribution in [0.1, 0.15) is 24.0 Å². The minimum atomic E-state index is -0.0110. The second kappa shape index (κ2) is 9.81. The predicted molar refractivity (Wildman–Crippen MR) is 107 cm³/mol. The Bertz CT molecular complexity index is 735. The highest BCUT2D eigenvalue weighted by Gasteiger charge is 2.28. The van der Waals surface area contributed by atoms with Crippen molar-refractivity contribution in [3.8, 4) is 5.75 Å². The van der Waals surface area contributed by atoms with E-state index in [0.717, 1.165) is 16.9 Å². The van der Waals surface area contributed by atoms with E-state index >= 15 is 0 Å². The van der Waals surface area contributed by atoms with Crippen molar-refractivity contribution in [2.45, 2.75) is 31.9 Å². The van der Waals surface area contributed by atoms with Gasteiger partial charge in [0.05, 0.1) is 6.42 Å². The summed E-state index contributed by atoms with van der Waals surface area (Å²) >= 11 is 5.98. The van der Waals surface area contributed by atoms with E-state index in [1.807, 2.05) is 48.5 Å². The zero-order chi connectivity index (χ0) is 17.6. The van der Waals surface area contributed by atoms with Crippen LogP contribution >= 0.6 is 24.0 Å². The van der Waals surface area contributed by atoms with Crippen LogP contribution in [0.25, 0.3) is 0 Å². The lowest BCUT2D eigenvalue weighted by atomic mass is 10.1. The Hall–Kier alpha value is -1.75. The fourth-order valence-corrected chi connectivity index (χ4v) is 2.92. The van der Waals surface area contributed by atoms with E-state index in [9.17, 15) is 4.79 Å². The van der Waals surface area contributed by atoms with Gasteiger partial charge in [-0.1, -0.05) is 35.9 Å². The molecule has 3 rings (SSSR count). The summed E-state index contributed by atoms with van der Waals surface area (Å²) in [5.41, 5.74) is 7.93. The molecule has 0 spiro atoms. The number of nitrogens with two attached hydrogens (primary N) is 1. The Morgan fingerprint density at radius 2 is 1.92 bits per heavy atom. The van der Waals surface area contributed by atoms with Crippen molar-refractivity contribution in [3.05, 3.63) is 64.7 Å². The van der Waals surface area contributed by atoms with E-state index in [2.05, 4.69) is 5.32 Å². The minimum absolute atomic E-state index is 0. The summed E-state index contributed by atoms with van der Waals surface area (Å²) in [6.07, 6.45) is 2.69. The number of benzene rings is 2. The molecule has 0 radical (unpaired) electrons. The van der Waals surface area contributed by atoms with Gasteiger partial charge in [-0.25, -0.2) is 0 Å². The smallest absolute Gasteiger partial charge is 0.224 e. The van der Waals surface area contributed by atoms with Crippen molar-refractivity contribution in [2.75, 3.05) is 6.54 Å². The van der Waals surface area contributed by atoms with Gasteiger partial charge in [-0.05, 0) is 54.2 Å². The zero-order valence-electron chi connectivity index (χ0n) is 14.5. The first kappa shape index (κ1) is 20.6. The number of halogens is 2. The second-order valence-electron chi connectivity index (χ2n) is 6.55. The second-order valence-corrected chi connectivity index (χ2v) is 6.98.